The zero-order valence-electron chi connectivity index (χ0n) is 8.73. The standard InChI is InChI=1S/C11H14O4/c1-3-8(11(13)14)9-6-7(15-2)4-5-10(9)12/h4-6,8,12H,3H2,1-2H3,(H,13,14). The number of carboxylic acids is 1. The van der Waals surface area contributed by atoms with Gasteiger partial charge in [-0.05, 0) is 24.6 Å². The fourth-order valence-electron chi connectivity index (χ4n) is 1.47. The molecule has 0 amide bonds. The molecule has 1 aromatic carbocycles. The number of phenols is 1. The molecule has 1 aromatic rings. The Morgan fingerprint density at radius 1 is 1.53 bits per heavy atom. The molecule has 0 aliphatic rings. The van der Waals surface area contributed by atoms with Gasteiger partial charge in [-0.3, -0.25) is 4.79 Å². The van der Waals surface area contributed by atoms with Gasteiger partial charge < -0.3 is 14.9 Å². The lowest BCUT2D eigenvalue weighted by Gasteiger charge is -2.13. The average Bonchev–Trinajstić information content (AvgIpc) is 2.21. The molecule has 0 saturated carbocycles. The van der Waals surface area contributed by atoms with Gasteiger partial charge in [-0.25, -0.2) is 0 Å². The fourth-order valence-corrected chi connectivity index (χ4v) is 1.47. The van der Waals surface area contributed by atoms with Crippen LogP contribution in [-0.4, -0.2) is 23.3 Å². The monoisotopic (exact) mass is 210 g/mol. The highest BCUT2D eigenvalue weighted by Crippen LogP contribution is 2.31. The number of aliphatic carboxylic acids is 1. The van der Waals surface area contributed by atoms with E-state index in [4.69, 9.17) is 9.84 Å². The maximum absolute atomic E-state index is 10.9. The van der Waals surface area contributed by atoms with Crippen molar-refractivity contribution in [3.8, 4) is 11.5 Å². The van der Waals surface area contributed by atoms with E-state index in [9.17, 15) is 9.90 Å². The molecular formula is C11H14O4. The molecular weight excluding hydrogens is 196 g/mol. The second kappa shape index (κ2) is 4.68. The Hall–Kier alpha value is -1.71. The van der Waals surface area contributed by atoms with Gasteiger partial charge in [0.2, 0.25) is 0 Å². The van der Waals surface area contributed by atoms with Gasteiger partial charge in [-0.2, -0.15) is 0 Å². The molecule has 15 heavy (non-hydrogen) atoms. The molecule has 0 aromatic heterocycles. The largest absolute Gasteiger partial charge is 0.508 e. The summed E-state index contributed by atoms with van der Waals surface area (Å²) in [6.07, 6.45) is 0.427. The van der Waals surface area contributed by atoms with Gasteiger partial charge in [0, 0.05) is 5.56 Å². The molecule has 1 unspecified atom stereocenters. The lowest BCUT2D eigenvalue weighted by atomic mass is 9.95. The maximum atomic E-state index is 10.9. The van der Waals surface area contributed by atoms with E-state index in [1.807, 2.05) is 0 Å². The predicted octanol–water partition coefficient (Wildman–Crippen LogP) is 1.98. The number of carbonyl (C=O) groups is 1. The molecule has 0 heterocycles. The van der Waals surface area contributed by atoms with Crippen LogP contribution in [0.1, 0.15) is 24.8 Å². The third-order valence-electron chi connectivity index (χ3n) is 2.32. The van der Waals surface area contributed by atoms with Gasteiger partial charge in [-0.15, -0.1) is 0 Å². The first-order valence-electron chi connectivity index (χ1n) is 4.69. The Balaban J connectivity index is 3.15. The van der Waals surface area contributed by atoms with Crippen LogP contribution in [0, 0.1) is 0 Å². The average molecular weight is 210 g/mol. The molecule has 1 atom stereocenters. The van der Waals surface area contributed by atoms with Gasteiger partial charge >= 0.3 is 5.97 Å². The Labute approximate surface area is 88.1 Å². The van der Waals surface area contributed by atoms with Crippen LogP contribution >= 0.6 is 0 Å². The second-order valence-corrected chi connectivity index (χ2v) is 3.22. The van der Waals surface area contributed by atoms with Crippen molar-refractivity contribution in [2.24, 2.45) is 0 Å². The number of benzene rings is 1. The van der Waals surface area contributed by atoms with Crippen molar-refractivity contribution in [3.63, 3.8) is 0 Å². The first-order chi connectivity index (χ1) is 7.10. The molecule has 0 fully saturated rings. The van der Waals surface area contributed by atoms with E-state index < -0.39 is 11.9 Å². The van der Waals surface area contributed by atoms with Gasteiger partial charge in [-0.1, -0.05) is 6.92 Å². The third kappa shape index (κ3) is 2.40. The first-order valence-corrected chi connectivity index (χ1v) is 4.69. The van der Waals surface area contributed by atoms with Crippen LogP contribution in [0.15, 0.2) is 18.2 Å². The molecule has 4 nitrogen and oxygen atoms in total. The summed E-state index contributed by atoms with van der Waals surface area (Å²) in [6.45, 7) is 1.76. The van der Waals surface area contributed by atoms with Gasteiger partial charge in [0.25, 0.3) is 0 Å². The summed E-state index contributed by atoms with van der Waals surface area (Å²) >= 11 is 0. The summed E-state index contributed by atoms with van der Waals surface area (Å²) in [7, 11) is 1.50. The smallest absolute Gasteiger partial charge is 0.311 e. The predicted molar refractivity (Wildman–Crippen MR) is 55.3 cm³/mol. The summed E-state index contributed by atoms with van der Waals surface area (Å²) in [4.78, 5) is 10.9. The first kappa shape index (κ1) is 11.4. The SMILES string of the molecule is CCC(C(=O)O)c1cc(OC)ccc1O. The molecule has 0 radical (unpaired) electrons. The number of hydrogen-bond acceptors (Lipinski definition) is 3. The normalized spacial score (nSPS) is 12.1. The molecule has 0 bridgehead atoms. The molecule has 4 heteroatoms. The Morgan fingerprint density at radius 3 is 2.67 bits per heavy atom. The summed E-state index contributed by atoms with van der Waals surface area (Å²) in [6, 6.07) is 4.59. The zero-order valence-corrected chi connectivity index (χ0v) is 8.73. The van der Waals surface area contributed by atoms with Crippen molar-refractivity contribution in [2.75, 3.05) is 7.11 Å². The van der Waals surface area contributed by atoms with E-state index in [1.165, 1.54) is 13.2 Å². The van der Waals surface area contributed by atoms with Crippen molar-refractivity contribution < 1.29 is 19.7 Å². The van der Waals surface area contributed by atoms with Crippen LogP contribution in [0.2, 0.25) is 0 Å². The lowest BCUT2D eigenvalue weighted by Crippen LogP contribution is -2.10. The topological polar surface area (TPSA) is 66.8 Å². The Kier molecular flexibility index (Phi) is 3.55. The second-order valence-electron chi connectivity index (χ2n) is 3.22. The molecule has 0 aliphatic carbocycles. The number of ether oxygens (including phenoxy) is 1. The van der Waals surface area contributed by atoms with Gasteiger partial charge in [0.05, 0.1) is 13.0 Å². The van der Waals surface area contributed by atoms with Crippen LogP contribution in [-0.2, 0) is 4.79 Å². The fraction of sp³-hybridized carbons (Fsp3) is 0.364. The highest BCUT2D eigenvalue weighted by Gasteiger charge is 2.21. The molecule has 0 saturated heterocycles. The number of carboxylic acid groups (broad SMARTS) is 1. The molecule has 2 N–H and O–H groups in total. The van der Waals surface area contributed by atoms with Crippen molar-refractivity contribution in [3.05, 3.63) is 23.8 Å². The van der Waals surface area contributed by atoms with Gasteiger partial charge in [0.15, 0.2) is 0 Å². The van der Waals surface area contributed by atoms with Crippen LogP contribution in [0.4, 0.5) is 0 Å². The Morgan fingerprint density at radius 2 is 2.20 bits per heavy atom. The van der Waals surface area contributed by atoms with E-state index in [2.05, 4.69) is 0 Å². The third-order valence-corrected chi connectivity index (χ3v) is 2.32. The number of methoxy groups -OCH3 is 1. The number of hydrogen-bond donors (Lipinski definition) is 2. The van der Waals surface area contributed by atoms with Crippen LogP contribution in [0.3, 0.4) is 0 Å². The van der Waals surface area contributed by atoms with E-state index >= 15 is 0 Å². The van der Waals surface area contributed by atoms with Crippen molar-refractivity contribution in [2.45, 2.75) is 19.3 Å². The summed E-state index contributed by atoms with van der Waals surface area (Å²) in [5.41, 5.74) is 0.393. The van der Waals surface area contributed by atoms with Gasteiger partial charge in [0.1, 0.15) is 11.5 Å². The molecule has 0 spiro atoms. The minimum absolute atomic E-state index is 0.00921. The minimum Gasteiger partial charge on any atom is -0.508 e. The van der Waals surface area contributed by atoms with E-state index in [-0.39, 0.29) is 5.75 Å². The number of aromatic hydroxyl groups is 1. The molecule has 82 valence electrons. The zero-order chi connectivity index (χ0) is 11.4. The lowest BCUT2D eigenvalue weighted by molar-refractivity contribution is -0.138. The van der Waals surface area contributed by atoms with Crippen LogP contribution < -0.4 is 4.74 Å². The summed E-state index contributed by atoms with van der Waals surface area (Å²) in [5, 5.41) is 18.5. The maximum Gasteiger partial charge on any atom is 0.311 e. The minimum atomic E-state index is -0.943. The van der Waals surface area contributed by atoms with E-state index in [0.29, 0.717) is 17.7 Å². The van der Waals surface area contributed by atoms with Crippen LogP contribution in [0.5, 0.6) is 11.5 Å². The quantitative estimate of drug-likeness (QED) is 0.797. The van der Waals surface area contributed by atoms with E-state index in [1.54, 1.807) is 19.1 Å². The van der Waals surface area contributed by atoms with Crippen molar-refractivity contribution in [1.82, 2.24) is 0 Å². The van der Waals surface area contributed by atoms with Crippen molar-refractivity contribution in [1.29, 1.82) is 0 Å². The Bertz CT molecular complexity index is 360. The van der Waals surface area contributed by atoms with Crippen LogP contribution in [0.25, 0.3) is 0 Å². The molecule has 1 rings (SSSR count). The van der Waals surface area contributed by atoms with E-state index in [0.717, 1.165) is 0 Å². The number of rotatable bonds is 4. The highest BCUT2D eigenvalue weighted by molar-refractivity contribution is 5.77. The molecule has 0 aliphatic heterocycles. The summed E-state index contributed by atoms with van der Waals surface area (Å²) < 4.78 is 4.98. The number of phenolic OH excluding ortho intramolecular Hbond substituents is 1. The highest BCUT2D eigenvalue weighted by atomic mass is 16.5. The summed E-state index contributed by atoms with van der Waals surface area (Å²) in [5.74, 6) is -1.10. The van der Waals surface area contributed by atoms with Crippen molar-refractivity contribution >= 4 is 5.97 Å².